The van der Waals surface area contributed by atoms with E-state index in [1.54, 1.807) is 0 Å². The molecule has 2 rings (SSSR count). The summed E-state index contributed by atoms with van der Waals surface area (Å²) in [6.07, 6.45) is 5.30. The minimum Gasteiger partial charge on any atom is -0.444 e. The molecule has 0 heterocycles. The maximum Gasteiger partial charge on any atom is 0.410 e. The van der Waals surface area contributed by atoms with Gasteiger partial charge in [-0.25, -0.2) is 4.79 Å². The van der Waals surface area contributed by atoms with Crippen LogP contribution in [0.25, 0.3) is 0 Å². The number of hydrogen-bond donors (Lipinski definition) is 1. The third-order valence-electron chi connectivity index (χ3n) is 4.40. The Hall–Kier alpha value is -0.770. The second-order valence-corrected chi connectivity index (χ2v) is 8.96. The number of nitrogens with zero attached hydrogens (tertiary/aromatic N) is 1. The monoisotopic (exact) mass is 310 g/mol. The molecule has 2 fully saturated rings. The zero-order valence-corrected chi connectivity index (χ0v) is 15.2. The number of nitrogens with one attached hydrogen (secondary N) is 1. The first-order valence-corrected chi connectivity index (χ1v) is 8.82. The van der Waals surface area contributed by atoms with Crippen LogP contribution in [-0.4, -0.2) is 41.3 Å². The number of amides is 1. The van der Waals surface area contributed by atoms with Gasteiger partial charge >= 0.3 is 6.09 Å². The molecule has 0 aromatic rings. The summed E-state index contributed by atoms with van der Waals surface area (Å²) in [7, 11) is 0. The fourth-order valence-corrected chi connectivity index (χ4v) is 2.99. The van der Waals surface area contributed by atoms with Crippen LogP contribution in [0.3, 0.4) is 0 Å². The number of carbonyl (C=O) groups is 1. The summed E-state index contributed by atoms with van der Waals surface area (Å²) in [5.74, 6) is 1.77. The van der Waals surface area contributed by atoms with Crippen LogP contribution < -0.4 is 5.32 Å². The van der Waals surface area contributed by atoms with E-state index < -0.39 is 5.60 Å². The number of ether oxygens (including phenoxy) is 1. The molecule has 0 unspecified atom stereocenters. The summed E-state index contributed by atoms with van der Waals surface area (Å²) in [4.78, 5) is 14.3. The van der Waals surface area contributed by atoms with E-state index in [9.17, 15) is 4.79 Å². The number of carbonyl (C=O) groups excluding carboxylic acids is 1. The highest BCUT2D eigenvalue weighted by Crippen LogP contribution is 2.44. The van der Waals surface area contributed by atoms with Gasteiger partial charge in [0.05, 0.1) is 0 Å². The van der Waals surface area contributed by atoms with Gasteiger partial charge in [0.2, 0.25) is 0 Å². The lowest BCUT2D eigenvalue weighted by atomic mass is 10.1. The zero-order valence-electron chi connectivity index (χ0n) is 15.2. The van der Waals surface area contributed by atoms with Crippen molar-refractivity contribution < 1.29 is 9.53 Å². The summed E-state index contributed by atoms with van der Waals surface area (Å²) >= 11 is 0. The van der Waals surface area contributed by atoms with Crippen molar-refractivity contribution >= 4 is 6.09 Å². The lowest BCUT2D eigenvalue weighted by Gasteiger charge is -2.37. The van der Waals surface area contributed by atoms with Crippen LogP contribution in [0.4, 0.5) is 4.79 Å². The van der Waals surface area contributed by atoms with Crippen LogP contribution in [0, 0.1) is 11.8 Å². The Morgan fingerprint density at radius 1 is 1.09 bits per heavy atom. The minimum absolute atomic E-state index is 0.212. The Bertz CT molecular complexity index is 375. The average molecular weight is 310 g/mol. The maximum absolute atomic E-state index is 12.4. The predicted molar refractivity (Wildman–Crippen MR) is 89.9 cm³/mol. The molecule has 0 atom stereocenters. The van der Waals surface area contributed by atoms with E-state index in [0.717, 1.165) is 18.4 Å². The molecule has 2 saturated carbocycles. The van der Waals surface area contributed by atoms with Gasteiger partial charge in [-0.3, -0.25) is 0 Å². The Kier molecular flexibility index (Phi) is 5.10. The van der Waals surface area contributed by atoms with Gasteiger partial charge in [-0.2, -0.15) is 0 Å². The van der Waals surface area contributed by atoms with Crippen molar-refractivity contribution in [3.8, 4) is 0 Å². The third-order valence-corrected chi connectivity index (χ3v) is 4.40. The second kappa shape index (κ2) is 6.38. The minimum atomic E-state index is -0.446. The van der Waals surface area contributed by atoms with Crippen LogP contribution in [0.2, 0.25) is 0 Å². The highest BCUT2D eigenvalue weighted by Gasteiger charge is 2.41. The van der Waals surface area contributed by atoms with Gasteiger partial charge in [-0.05, 0) is 79.1 Å². The predicted octanol–water partition coefficient (Wildman–Crippen LogP) is 3.80. The molecule has 0 radical (unpaired) electrons. The second-order valence-electron chi connectivity index (χ2n) is 8.96. The van der Waals surface area contributed by atoms with Crippen molar-refractivity contribution in [2.75, 3.05) is 13.1 Å². The van der Waals surface area contributed by atoms with E-state index in [4.69, 9.17) is 4.74 Å². The summed E-state index contributed by atoms with van der Waals surface area (Å²) < 4.78 is 5.56. The van der Waals surface area contributed by atoms with Crippen molar-refractivity contribution in [1.82, 2.24) is 10.2 Å². The number of rotatable bonds is 6. The molecule has 0 aliphatic heterocycles. The van der Waals surface area contributed by atoms with Crippen LogP contribution in [0.1, 0.15) is 67.2 Å². The molecule has 4 nitrogen and oxygen atoms in total. The maximum atomic E-state index is 12.4. The summed E-state index contributed by atoms with van der Waals surface area (Å²) in [6.45, 7) is 13.5. The first-order valence-electron chi connectivity index (χ1n) is 8.82. The zero-order chi connectivity index (χ0) is 16.5. The lowest BCUT2D eigenvalue weighted by molar-refractivity contribution is 0.00638. The SMILES string of the molecule is CC(C)(C)OC(=O)N(CCNC(C1CC1)C1CC1)C(C)(C)C. The first-order chi connectivity index (χ1) is 10.1. The van der Waals surface area contributed by atoms with E-state index >= 15 is 0 Å². The van der Waals surface area contributed by atoms with Gasteiger partial charge in [0.15, 0.2) is 0 Å². The van der Waals surface area contributed by atoms with Gasteiger partial charge in [0, 0.05) is 24.7 Å². The molecular weight excluding hydrogens is 276 g/mol. The number of hydrogen-bond acceptors (Lipinski definition) is 3. The van der Waals surface area contributed by atoms with Crippen LogP contribution in [0.5, 0.6) is 0 Å². The smallest absolute Gasteiger partial charge is 0.410 e. The van der Waals surface area contributed by atoms with E-state index in [1.165, 1.54) is 25.7 Å². The molecule has 0 spiro atoms. The fourth-order valence-electron chi connectivity index (χ4n) is 2.99. The Morgan fingerprint density at radius 3 is 1.95 bits per heavy atom. The molecule has 0 aromatic carbocycles. The standard InChI is InChI=1S/C18H34N2O2/c1-17(2,3)20(16(21)22-18(4,5)6)12-11-19-15(13-7-8-13)14-9-10-14/h13-15,19H,7-12H2,1-6H3. The molecular formula is C18H34N2O2. The highest BCUT2D eigenvalue weighted by atomic mass is 16.6. The molecule has 0 saturated heterocycles. The highest BCUT2D eigenvalue weighted by molar-refractivity contribution is 5.69. The Morgan fingerprint density at radius 2 is 1.59 bits per heavy atom. The topological polar surface area (TPSA) is 41.6 Å². The molecule has 2 aliphatic rings. The van der Waals surface area contributed by atoms with Crippen molar-refractivity contribution in [1.29, 1.82) is 0 Å². The summed E-state index contributed by atoms with van der Waals surface area (Å²) in [5.41, 5.74) is -0.669. The van der Waals surface area contributed by atoms with E-state index in [0.29, 0.717) is 12.6 Å². The molecule has 1 amide bonds. The largest absolute Gasteiger partial charge is 0.444 e. The fraction of sp³-hybridized carbons (Fsp3) is 0.944. The Balaban J connectivity index is 1.85. The van der Waals surface area contributed by atoms with Crippen molar-refractivity contribution in [3.05, 3.63) is 0 Å². The molecule has 1 N–H and O–H groups in total. The Labute approximate surface area is 136 Å². The third kappa shape index (κ3) is 5.45. The van der Waals surface area contributed by atoms with Gasteiger partial charge < -0.3 is 15.0 Å². The van der Waals surface area contributed by atoms with Crippen molar-refractivity contribution in [3.63, 3.8) is 0 Å². The van der Waals surface area contributed by atoms with Crippen molar-refractivity contribution in [2.24, 2.45) is 11.8 Å². The van der Waals surface area contributed by atoms with Gasteiger partial charge in [-0.15, -0.1) is 0 Å². The molecule has 2 aliphatic carbocycles. The normalized spacial score (nSPS) is 19.4. The van der Waals surface area contributed by atoms with Gasteiger partial charge in [0.1, 0.15) is 5.60 Å². The van der Waals surface area contributed by atoms with Crippen LogP contribution >= 0.6 is 0 Å². The van der Waals surface area contributed by atoms with E-state index in [2.05, 4.69) is 26.1 Å². The van der Waals surface area contributed by atoms with Crippen LogP contribution in [-0.2, 0) is 4.74 Å². The van der Waals surface area contributed by atoms with Crippen molar-refractivity contribution in [2.45, 2.75) is 84.4 Å². The first kappa shape index (κ1) is 17.6. The quantitative estimate of drug-likeness (QED) is 0.811. The van der Waals surface area contributed by atoms with Gasteiger partial charge in [-0.1, -0.05) is 0 Å². The summed E-state index contributed by atoms with van der Waals surface area (Å²) in [6, 6.07) is 0.681. The van der Waals surface area contributed by atoms with Gasteiger partial charge in [0.25, 0.3) is 0 Å². The molecule has 0 bridgehead atoms. The molecule has 22 heavy (non-hydrogen) atoms. The molecule has 0 aromatic heterocycles. The lowest BCUT2D eigenvalue weighted by Crippen LogP contribution is -2.51. The van der Waals surface area contributed by atoms with E-state index in [-0.39, 0.29) is 11.6 Å². The van der Waals surface area contributed by atoms with E-state index in [1.807, 2.05) is 25.7 Å². The van der Waals surface area contributed by atoms with Crippen LogP contribution in [0.15, 0.2) is 0 Å². The summed E-state index contributed by atoms with van der Waals surface area (Å²) in [5, 5.41) is 3.71. The average Bonchev–Trinajstić information content (AvgIpc) is 3.19. The molecule has 128 valence electrons. The molecule has 4 heteroatoms.